The zero-order chi connectivity index (χ0) is 22.4. The minimum absolute atomic E-state index is 0.0224. The first-order chi connectivity index (χ1) is 15.5. The highest BCUT2D eigenvalue weighted by molar-refractivity contribution is 7.99. The highest BCUT2D eigenvalue weighted by Gasteiger charge is 2.41. The molecule has 1 saturated carbocycles. The summed E-state index contributed by atoms with van der Waals surface area (Å²) in [6.07, 6.45) is 5.54. The van der Waals surface area contributed by atoms with Gasteiger partial charge in [-0.2, -0.15) is 0 Å². The summed E-state index contributed by atoms with van der Waals surface area (Å²) >= 11 is 1.51. The zero-order valence-corrected chi connectivity index (χ0v) is 19.3. The molecule has 3 aromatic rings. The first-order valence-corrected chi connectivity index (χ1v) is 11.9. The maximum absolute atomic E-state index is 13.6. The third kappa shape index (κ3) is 3.41. The Morgan fingerprint density at radius 2 is 2.00 bits per heavy atom. The van der Waals surface area contributed by atoms with Gasteiger partial charge in [0.15, 0.2) is 0 Å². The molecule has 168 valence electrons. The standard InChI is InChI=1S/C24H27N3O4S/c1-14-12-17(13-14)27-22(28)19-15(2)20(21-25-9-11-31-21)32-23(19)26(24(27)29)10-8-16-6-4-5-7-18(16)30-3/h4-7,9,11,14-15,17,20H,8,10,12-13H2,1-3H3. The van der Waals surface area contributed by atoms with Crippen LogP contribution in [0.15, 0.2) is 55.8 Å². The summed E-state index contributed by atoms with van der Waals surface area (Å²) in [6.45, 7) is 4.66. The molecule has 32 heavy (non-hydrogen) atoms. The molecule has 2 aromatic heterocycles. The lowest BCUT2D eigenvalue weighted by atomic mass is 9.81. The van der Waals surface area contributed by atoms with E-state index in [1.54, 1.807) is 24.1 Å². The molecule has 2 unspecified atom stereocenters. The normalized spacial score (nSPS) is 24.2. The first-order valence-electron chi connectivity index (χ1n) is 11.1. The highest BCUT2D eigenvalue weighted by Crippen LogP contribution is 2.52. The van der Waals surface area contributed by atoms with Gasteiger partial charge in [0.2, 0.25) is 5.89 Å². The fourth-order valence-electron chi connectivity index (χ4n) is 4.93. The topological polar surface area (TPSA) is 79.3 Å². The second kappa shape index (κ2) is 8.31. The maximum Gasteiger partial charge on any atom is 0.332 e. The number of hydrogen-bond acceptors (Lipinski definition) is 6. The number of para-hydroxylation sites is 1. The van der Waals surface area contributed by atoms with E-state index in [4.69, 9.17) is 9.15 Å². The third-order valence-corrected chi connectivity index (χ3v) is 8.24. The summed E-state index contributed by atoms with van der Waals surface area (Å²) in [7, 11) is 1.65. The fraction of sp³-hybridized carbons (Fsp3) is 0.458. The van der Waals surface area contributed by atoms with Crippen molar-refractivity contribution < 1.29 is 9.15 Å². The number of aryl methyl sites for hydroxylation is 1. The van der Waals surface area contributed by atoms with Gasteiger partial charge in [0.1, 0.15) is 12.0 Å². The molecule has 7 nitrogen and oxygen atoms in total. The van der Waals surface area contributed by atoms with Gasteiger partial charge in [-0.05, 0) is 36.8 Å². The Morgan fingerprint density at radius 3 is 2.69 bits per heavy atom. The largest absolute Gasteiger partial charge is 0.496 e. The second-order valence-corrected chi connectivity index (χ2v) is 9.95. The molecule has 0 spiro atoms. The zero-order valence-electron chi connectivity index (χ0n) is 18.5. The molecule has 1 aliphatic heterocycles. The average molecular weight is 454 g/mol. The van der Waals surface area contributed by atoms with Gasteiger partial charge in [-0.1, -0.05) is 43.8 Å². The van der Waals surface area contributed by atoms with Gasteiger partial charge in [-0.25, -0.2) is 9.78 Å². The number of oxazole rings is 1. The highest BCUT2D eigenvalue weighted by atomic mass is 32.2. The predicted octanol–water partition coefficient (Wildman–Crippen LogP) is 4.17. The van der Waals surface area contributed by atoms with Gasteiger partial charge in [-0.15, -0.1) is 0 Å². The molecule has 0 amide bonds. The van der Waals surface area contributed by atoms with Crippen LogP contribution < -0.4 is 16.0 Å². The molecule has 1 fully saturated rings. The first kappa shape index (κ1) is 21.1. The number of nitrogens with zero attached hydrogens (tertiary/aromatic N) is 3. The number of benzene rings is 1. The predicted molar refractivity (Wildman–Crippen MR) is 123 cm³/mol. The van der Waals surface area contributed by atoms with E-state index >= 15 is 0 Å². The molecule has 2 aliphatic rings. The van der Waals surface area contributed by atoms with Gasteiger partial charge in [0, 0.05) is 18.5 Å². The number of ether oxygens (including phenoxy) is 1. The van der Waals surface area contributed by atoms with Crippen LogP contribution in [0.25, 0.3) is 0 Å². The summed E-state index contributed by atoms with van der Waals surface area (Å²) in [5.41, 5.74) is 1.38. The monoisotopic (exact) mass is 453 g/mol. The van der Waals surface area contributed by atoms with Crippen LogP contribution in [0.3, 0.4) is 0 Å². The van der Waals surface area contributed by atoms with Gasteiger partial charge >= 0.3 is 5.69 Å². The molecule has 0 bridgehead atoms. The van der Waals surface area contributed by atoms with Crippen LogP contribution in [0.1, 0.15) is 60.9 Å². The quantitative estimate of drug-likeness (QED) is 0.521. The van der Waals surface area contributed by atoms with Crippen LogP contribution in [0.2, 0.25) is 0 Å². The molecule has 1 aromatic carbocycles. The van der Waals surface area contributed by atoms with Crippen LogP contribution in [0.4, 0.5) is 0 Å². The minimum atomic E-state index is -0.215. The molecule has 0 radical (unpaired) electrons. The minimum Gasteiger partial charge on any atom is -0.496 e. The van der Waals surface area contributed by atoms with Crippen molar-refractivity contribution in [2.75, 3.05) is 7.11 Å². The Hall–Kier alpha value is -2.74. The van der Waals surface area contributed by atoms with E-state index in [9.17, 15) is 9.59 Å². The Bertz CT molecular complexity index is 1240. The molecule has 2 atom stereocenters. The van der Waals surface area contributed by atoms with E-state index in [0.29, 0.717) is 30.3 Å². The number of thioether (sulfide) groups is 1. The van der Waals surface area contributed by atoms with E-state index in [1.165, 1.54) is 16.3 Å². The van der Waals surface area contributed by atoms with Crippen LogP contribution in [0, 0.1) is 5.92 Å². The average Bonchev–Trinajstić information content (AvgIpc) is 3.41. The lowest BCUT2D eigenvalue weighted by molar-refractivity contribution is 0.200. The Morgan fingerprint density at radius 1 is 1.22 bits per heavy atom. The maximum atomic E-state index is 13.6. The summed E-state index contributed by atoms with van der Waals surface area (Å²) in [6, 6.07) is 7.82. The van der Waals surface area contributed by atoms with Gasteiger partial charge in [-0.3, -0.25) is 13.9 Å². The Kier molecular flexibility index (Phi) is 5.49. The van der Waals surface area contributed by atoms with E-state index in [0.717, 1.165) is 29.2 Å². The van der Waals surface area contributed by atoms with Gasteiger partial charge < -0.3 is 9.15 Å². The van der Waals surface area contributed by atoms with Crippen molar-refractivity contribution in [1.29, 1.82) is 0 Å². The van der Waals surface area contributed by atoms with E-state index in [1.807, 2.05) is 31.2 Å². The molecule has 0 N–H and O–H groups in total. The molecule has 5 rings (SSSR count). The summed E-state index contributed by atoms with van der Waals surface area (Å²) in [5, 5.41) is 0.620. The van der Waals surface area contributed by atoms with Crippen LogP contribution in [0.5, 0.6) is 5.75 Å². The summed E-state index contributed by atoms with van der Waals surface area (Å²) < 4.78 is 14.4. The molecular formula is C24H27N3O4S. The van der Waals surface area contributed by atoms with Gasteiger partial charge in [0.25, 0.3) is 5.56 Å². The Balaban J connectivity index is 1.59. The Labute approximate surface area is 190 Å². The number of aromatic nitrogens is 3. The van der Waals surface area contributed by atoms with E-state index < -0.39 is 0 Å². The van der Waals surface area contributed by atoms with Crippen molar-refractivity contribution in [3.8, 4) is 5.75 Å². The van der Waals surface area contributed by atoms with Crippen molar-refractivity contribution in [3.63, 3.8) is 0 Å². The third-order valence-electron chi connectivity index (χ3n) is 6.72. The smallest absolute Gasteiger partial charge is 0.332 e. The van der Waals surface area contributed by atoms with Crippen molar-refractivity contribution in [2.24, 2.45) is 5.92 Å². The van der Waals surface area contributed by atoms with E-state index in [2.05, 4.69) is 11.9 Å². The van der Waals surface area contributed by atoms with Crippen molar-refractivity contribution >= 4 is 11.8 Å². The van der Waals surface area contributed by atoms with E-state index in [-0.39, 0.29) is 28.5 Å². The number of rotatable bonds is 6. The molecular weight excluding hydrogens is 426 g/mol. The number of hydrogen-bond donors (Lipinski definition) is 0. The van der Waals surface area contributed by atoms with Crippen molar-refractivity contribution in [3.05, 3.63) is 74.6 Å². The summed E-state index contributed by atoms with van der Waals surface area (Å²) in [4.78, 5) is 31.5. The lowest BCUT2D eigenvalue weighted by Gasteiger charge is -2.34. The molecule has 3 heterocycles. The SMILES string of the molecule is COc1ccccc1CCn1c2c(c(=O)n(C3CC(C)C3)c1=O)C(C)C(c1ncco1)S2. The molecule has 8 heteroatoms. The van der Waals surface area contributed by atoms with Gasteiger partial charge in [0.05, 0.1) is 29.1 Å². The van der Waals surface area contributed by atoms with Crippen molar-refractivity contribution in [1.82, 2.24) is 14.1 Å². The number of fused-ring (bicyclic) bond motifs is 1. The second-order valence-electron chi connectivity index (χ2n) is 8.82. The van der Waals surface area contributed by atoms with Crippen LogP contribution >= 0.6 is 11.8 Å². The molecule has 0 saturated heterocycles. The fourth-order valence-corrected chi connectivity index (χ4v) is 6.43. The van der Waals surface area contributed by atoms with Crippen LogP contribution in [-0.4, -0.2) is 21.2 Å². The molecule has 1 aliphatic carbocycles. The number of methoxy groups -OCH3 is 1. The lowest BCUT2D eigenvalue weighted by Crippen LogP contribution is -2.47. The van der Waals surface area contributed by atoms with Crippen LogP contribution in [-0.2, 0) is 13.0 Å². The summed E-state index contributed by atoms with van der Waals surface area (Å²) in [5.74, 6) is 1.83. The van der Waals surface area contributed by atoms with Crippen molar-refractivity contribution in [2.45, 2.75) is 61.9 Å².